The molecular formula is C24H32ClN3O3. The Balaban J connectivity index is 1.26. The van der Waals surface area contributed by atoms with E-state index in [1.54, 1.807) is 11.0 Å². The van der Waals surface area contributed by atoms with Crippen molar-refractivity contribution < 1.29 is 14.1 Å². The molecule has 4 rings (SSSR count). The van der Waals surface area contributed by atoms with Crippen LogP contribution in [0.25, 0.3) is 0 Å². The van der Waals surface area contributed by atoms with Crippen LogP contribution in [0.15, 0.2) is 28.8 Å². The fourth-order valence-electron chi connectivity index (χ4n) is 4.38. The van der Waals surface area contributed by atoms with Crippen LogP contribution in [0.5, 0.6) is 5.75 Å². The summed E-state index contributed by atoms with van der Waals surface area (Å²) < 4.78 is 11.4. The van der Waals surface area contributed by atoms with Crippen molar-refractivity contribution in [1.29, 1.82) is 0 Å². The summed E-state index contributed by atoms with van der Waals surface area (Å²) in [6, 6.07) is 7.81. The minimum atomic E-state index is -0.0994. The van der Waals surface area contributed by atoms with Crippen molar-refractivity contribution in [3.63, 3.8) is 0 Å². The van der Waals surface area contributed by atoms with Gasteiger partial charge < -0.3 is 14.2 Å². The molecule has 1 saturated carbocycles. The van der Waals surface area contributed by atoms with Crippen molar-refractivity contribution in [2.24, 2.45) is 5.92 Å². The summed E-state index contributed by atoms with van der Waals surface area (Å²) >= 11 is 6.65. The standard InChI is InChI=1S/C24H32ClN3O3/c1-16(2)22-13-20(26-31-22)24(29)27(3)14-17-11-19(12-17)30-21-8-6-7-18(23(21)25)15-28-9-4-5-10-28/h6-8,13,16-17,19H,4-5,9-12,14-15H2,1-3H3. The lowest BCUT2D eigenvalue weighted by Gasteiger charge is -2.37. The molecule has 1 aliphatic carbocycles. The van der Waals surface area contributed by atoms with E-state index in [-0.39, 0.29) is 17.9 Å². The van der Waals surface area contributed by atoms with Gasteiger partial charge in [0.05, 0.1) is 11.1 Å². The van der Waals surface area contributed by atoms with Crippen molar-refractivity contribution >= 4 is 17.5 Å². The van der Waals surface area contributed by atoms with Crippen LogP contribution in [0.1, 0.15) is 67.3 Å². The second kappa shape index (κ2) is 9.61. The highest BCUT2D eigenvalue weighted by Crippen LogP contribution is 2.36. The van der Waals surface area contributed by atoms with Gasteiger partial charge in [0.1, 0.15) is 11.5 Å². The molecule has 1 amide bonds. The number of rotatable bonds is 8. The van der Waals surface area contributed by atoms with E-state index >= 15 is 0 Å². The van der Waals surface area contributed by atoms with Crippen LogP contribution >= 0.6 is 11.6 Å². The molecule has 6 nitrogen and oxygen atoms in total. The van der Waals surface area contributed by atoms with E-state index in [1.807, 2.05) is 33.0 Å². The zero-order valence-electron chi connectivity index (χ0n) is 18.6. The van der Waals surface area contributed by atoms with E-state index in [1.165, 1.54) is 12.8 Å². The number of amides is 1. The van der Waals surface area contributed by atoms with Crippen LogP contribution < -0.4 is 4.74 Å². The molecule has 0 atom stereocenters. The first-order valence-electron chi connectivity index (χ1n) is 11.3. The van der Waals surface area contributed by atoms with Crippen LogP contribution in [-0.4, -0.2) is 53.6 Å². The van der Waals surface area contributed by atoms with Gasteiger partial charge >= 0.3 is 0 Å². The third kappa shape index (κ3) is 5.24. The third-order valence-electron chi connectivity index (χ3n) is 6.32. The highest BCUT2D eigenvalue weighted by molar-refractivity contribution is 6.32. The highest BCUT2D eigenvalue weighted by Gasteiger charge is 2.33. The normalized spacial score (nSPS) is 21.3. The topological polar surface area (TPSA) is 58.8 Å². The van der Waals surface area contributed by atoms with Gasteiger partial charge in [0.2, 0.25) is 0 Å². The molecule has 0 spiro atoms. The molecule has 2 aromatic rings. The number of benzene rings is 1. The molecule has 0 N–H and O–H groups in total. The predicted molar refractivity (Wildman–Crippen MR) is 121 cm³/mol. The summed E-state index contributed by atoms with van der Waals surface area (Å²) in [5, 5.41) is 4.66. The number of carbonyl (C=O) groups excluding carboxylic acids is 1. The Kier molecular flexibility index (Phi) is 6.87. The van der Waals surface area contributed by atoms with Crippen LogP contribution in [0.2, 0.25) is 5.02 Å². The second-order valence-electron chi connectivity index (χ2n) is 9.24. The number of halogens is 1. The lowest BCUT2D eigenvalue weighted by molar-refractivity contribution is 0.0415. The second-order valence-corrected chi connectivity index (χ2v) is 9.62. The number of likely N-dealkylation sites (tertiary alicyclic amines) is 1. The SMILES string of the molecule is CC(C)c1cc(C(=O)N(C)CC2CC(Oc3cccc(CN4CCCC4)c3Cl)C2)no1. The third-order valence-corrected chi connectivity index (χ3v) is 6.75. The molecule has 0 unspecified atom stereocenters. The van der Waals surface area contributed by atoms with E-state index in [0.29, 0.717) is 18.2 Å². The Hall–Kier alpha value is -2.05. The van der Waals surface area contributed by atoms with Gasteiger partial charge in [-0.05, 0) is 56.3 Å². The molecule has 0 bridgehead atoms. The lowest BCUT2D eigenvalue weighted by Crippen LogP contribution is -2.42. The molecule has 7 heteroatoms. The van der Waals surface area contributed by atoms with Gasteiger partial charge in [0, 0.05) is 32.1 Å². The largest absolute Gasteiger partial charge is 0.489 e. The molecule has 168 valence electrons. The van der Waals surface area contributed by atoms with Crippen molar-refractivity contribution in [3.8, 4) is 5.75 Å². The van der Waals surface area contributed by atoms with Crippen molar-refractivity contribution in [3.05, 3.63) is 46.3 Å². The van der Waals surface area contributed by atoms with Gasteiger partial charge in [-0.25, -0.2) is 0 Å². The van der Waals surface area contributed by atoms with E-state index < -0.39 is 0 Å². The summed E-state index contributed by atoms with van der Waals surface area (Å²) in [5.74, 6) is 2.04. The number of hydrogen-bond acceptors (Lipinski definition) is 5. The van der Waals surface area contributed by atoms with Crippen molar-refractivity contribution in [2.75, 3.05) is 26.7 Å². The zero-order valence-corrected chi connectivity index (χ0v) is 19.4. The summed E-state index contributed by atoms with van der Waals surface area (Å²) in [6.07, 6.45) is 4.52. The van der Waals surface area contributed by atoms with Crippen LogP contribution in [-0.2, 0) is 6.54 Å². The van der Waals surface area contributed by atoms with Gasteiger partial charge in [-0.3, -0.25) is 9.69 Å². The van der Waals surface area contributed by atoms with Crippen LogP contribution in [0, 0.1) is 5.92 Å². The number of nitrogens with zero attached hydrogens (tertiary/aromatic N) is 3. The molecule has 2 fully saturated rings. The van der Waals surface area contributed by atoms with Crippen LogP contribution in [0.4, 0.5) is 0 Å². The number of aromatic nitrogens is 1. The summed E-state index contributed by atoms with van der Waals surface area (Å²) in [5.41, 5.74) is 1.51. The first kappa shape index (κ1) is 22.2. The minimum Gasteiger partial charge on any atom is -0.489 e. The Morgan fingerprint density at radius 2 is 2.06 bits per heavy atom. The predicted octanol–water partition coefficient (Wildman–Crippen LogP) is 4.98. The first-order chi connectivity index (χ1) is 14.9. The van der Waals surface area contributed by atoms with Gasteiger partial charge in [0.25, 0.3) is 5.91 Å². The van der Waals surface area contributed by atoms with E-state index in [0.717, 1.165) is 54.6 Å². The zero-order chi connectivity index (χ0) is 22.0. The average Bonchev–Trinajstić information content (AvgIpc) is 3.40. The maximum atomic E-state index is 12.6. The Morgan fingerprint density at radius 1 is 1.32 bits per heavy atom. The van der Waals surface area contributed by atoms with E-state index in [2.05, 4.69) is 16.1 Å². The maximum absolute atomic E-state index is 12.6. The number of hydrogen-bond donors (Lipinski definition) is 0. The fourth-order valence-corrected chi connectivity index (χ4v) is 4.61. The fraction of sp³-hybridized carbons (Fsp3) is 0.583. The Bertz CT molecular complexity index is 901. The molecule has 0 radical (unpaired) electrons. The quantitative estimate of drug-likeness (QED) is 0.573. The monoisotopic (exact) mass is 445 g/mol. The summed E-state index contributed by atoms with van der Waals surface area (Å²) in [4.78, 5) is 16.8. The van der Waals surface area contributed by atoms with Crippen LogP contribution in [0.3, 0.4) is 0 Å². The lowest BCUT2D eigenvalue weighted by atomic mass is 9.82. The van der Waals surface area contributed by atoms with E-state index in [9.17, 15) is 4.79 Å². The van der Waals surface area contributed by atoms with Crippen molar-refractivity contribution in [2.45, 2.75) is 58.1 Å². The molecule has 2 heterocycles. The minimum absolute atomic E-state index is 0.0994. The molecule has 1 saturated heterocycles. The molecule has 31 heavy (non-hydrogen) atoms. The van der Waals surface area contributed by atoms with Gasteiger partial charge in [-0.2, -0.15) is 0 Å². The Labute approximate surface area is 189 Å². The van der Waals surface area contributed by atoms with Gasteiger partial charge in [-0.15, -0.1) is 0 Å². The van der Waals surface area contributed by atoms with Gasteiger partial charge in [0.15, 0.2) is 5.69 Å². The highest BCUT2D eigenvalue weighted by atomic mass is 35.5. The average molecular weight is 446 g/mol. The Morgan fingerprint density at radius 3 is 2.74 bits per heavy atom. The van der Waals surface area contributed by atoms with Gasteiger partial charge in [-0.1, -0.05) is 42.7 Å². The molecular weight excluding hydrogens is 414 g/mol. The molecule has 2 aliphatic rings. The van der Waals surface area contributed by atoms with Crippen molar-refractivity contribution in [1.82, 2.24) is 15.0 Å². The van der Waals surface area contributed by atoms with E-state index in [4.69, 9.17) is 20.9 Å². The first-order valence-corrected chi connectivity index (χ1v) is 11.7. The molecule has 1 aliphatic heterocycles. The smallest absolute Gasteiger partial charge is 0.275 e. The number of carbonyl (C=O) groups is 1. The molecule has 1 aromatic carbocycles. The molecule has 1 aromatic heterocycles. The number of ether oxygens (including phenoxy) is 1. The maximum Gasteiger partial charge on any atom is 0.275 e. The summed E-state index contributed by atoms with van der Waals surface area (Å²) in [7, 11) is 1.82. The summed E-state index contributed by atoms with van der Waals surface area (Å²) in [6.45, 7) is 7.89.